The molecule has 4 heteroatoms. The van der Waals surface area contributed by atoms with Gasteiger partial charge in [0.1, 0.15) is 5.69 Å². The van der Waals surface area contributed by atoms with E-state index in [0.29, 0.717) is 11.6 Å². The number of anilines is 1. The molecule has 4 nitrogen and oxygen atoms in total. The van der Waals surface area contributed by atoms with Gasteiger partial charge < -0.3 is 10.2 Å². The van der Waals surface area contributed by atoms with Gasteiger partial charge in [-0.15, -0.1) is 0 Å². The third-order valence-corrected chi connectivity index (χ3v) is 3.11. The van der Waals surface area contributed by atoms with Gasteiger partial charge in [-0.2, -0.15) is 0 Å². The van der Waals surface area contributed by atoms with Gasteiger partial charge >= 0.3 is 0 Å². The molecule has 2 rings (SSSR count). The van der Waals surface area contributed by atoms with Crippen LogP contribution in [0.4, 0.5) is 5.69 Å². The van der Waals surface area contributed by atoms with Gasteiger partial charge in [0.15, 0.2) is 0 Å². The maximum atomic E-state index is 12.2. The lowest BCUT2D eigenvalue weighted by atomic mass is 10.2. The van der Waals surface area contributed by atoms with E-state index >= 15 is 0 Å². The van der Waals surface area contributed by atoms with Crippen LogP contribution in [0.1, 0.15) is 30.3 Å². The van der Waals surface area contributed by atoms with Gasteiger partial charge in [0, 0.05) is 32.0 Å². The number of nitrogens with one attached hydrogen (secondary N) is 1. The molecule has 1 aromatic heterocycles. The fraction of sp³-hybridized carbons (Fsp3) is 0.538. The molecule has 1 aromatic rings. The van der Waals surface area contributed by atoms with Crippen molar-refractivity contribution in [3.8, 4) is 0 Å². The number of nitrogens with zero attached hydrogens (tertiary/aromatic N) is 2. The summed E-state index contributed by atoms with van der Waals surface area (Å²) in [7, 11) is 1.84. The molecular weight excluding hydrogens is 214 g/mol. The van der Waals surface area contributed by atoms with Crippen molar-refractivity contribution in [3.63, 3.8) is 0 Å². The summed E-state index contributed by atoms with van der Waals surface area (Å²) in [6.07, 6.45) is 4.19. The standard InChI is InChI=1S/C13H19N3O/c1-3-16(9-10-4-5-10)13(17)12-8-11(14-2)6-7-15-12/h6-8,10H,3-5,9H2,1-2H3,(H,14,15). The number of carbonyl (C=O) groups excluding carboxylic acids is 1. The Morgan fingerprint density at radius 1 is 1.59 bits per heavy atom. The summed E-state index contributed by atoms with van der Waals surface area (Å²) in [6, 6.07) is 3.66. The van der Waals surface area contributed by atoms with Crippen LogP contribution < -0.4 is 5.32 Å². The van der Waals surface area contributed by atoms with E-state index < -0.39 is 0 Å². The Balaban J connectivity index is 2.09. The number of hydrogen-bond acceptors (Lipinski definition) is 3. The minimum atomic E-state index is 0.0384. The molecule has 0 atom stereocenters. The van der Waals surface area contributed by atoms with E-state index in [1.165, 1.54) is 12.8 Å². The van der Waals surface area contributed by atoms with Gasteiger partial charge in [0.05, 0.1) is 0 Å². The molecule has 1 aliphatic rings. The van der Waals surface area contributed by atoms with Gasteiger partial charge in [-0.05, 0) is 37.8 Å². The summed E-state index contributed by atoms with van der Waals surface area (Å²) in [5.74, 6) is 0.753. The largest absolute Gasteiger partial charge is 0.388 e. The van der Waals surface area contributed by atoms with Crippen LogP contribution in [0.3, 0.4) is 0 Å². The Labute approximate surface area is 102 Å². The Morgan fingerprint density at radius 2 is 2.35 bits per heavy atom. The van der Waals surface area contributed by atoms with Gasteiger partial charge in [-0.1, -0.05) is 0 Å². The van der Waals surface area contributed by atoms with Crippen molar-refractivity contribution in [2.24, 2.45) is 5.92 Å². The highest BCUT2D eigenvalue weighted by atomic mass is 16.2. The van der Waals surface area contributed by atoms with Crippen LogP contribution in [0.5, 0.6) is 0 Å². The number of hydrogen-bond donors (Lipinski definition) is 1. The monoisotopic (exact) mass is 233 g/mol. The number of aromatic nitrogens is 1. The van der Waals surface area contributed by atoms with Crippen LogP contribution in [-0.2, 0) is 0 Å². The van der Waals surface area contributed by atoms with E-state index in [1.54, 1.807) is 12.3 Å². The fourth-order valence-corrected chi connectivity index (χ4v) is 1.83. The van der Waals surface area contributed by atoms with Crippen molar-refractivity contribution in [3.05, 3.63) is 24.0 Å². The lowest BCUT2D eigenvalue weighted by Gasteiger charge is -2.20. The molecule has 1 saturated carbocycles. The minimum absolute atomic E-state index is 0.0384. The molecule has 92 valence electrons. The Kier molecular flexibility index (Phi) is 3.61. The van der Waals surface area contributed by atoms with E-state index in [0.717, 1.165) is 18.8 Å². The van der Waals surface area contributed by atoms with Crippen molar-refractivity contribution < 1.29 is 4.79 Å². The second-order valence-electron chi connectivity index (χ2n) is 4.47. The maximum absolute atomic E-state index is 12.2. The molecule has 0 aliphatic heterocycles. The molecule has 0 spiro atoms. The van der Waals surface area contributed by atoms with E-state index in [1.807, 2.05) is 24.9 Å². The maximum Gasteiger partial charge on any atom is 0.272 e. The third-order valence-electron chi connectivity index (χ3n) is 3.11. The van der Waals surface area contributed by atoms with Crippen molar-refractivity contribution in [1.82, 2.24) is 9.88 Å². The van der Waals surface area contributed by atoms with Gasteiger partial charge in [0.2, 0.25) is 0 Å². The summed E-state index contributed by atoms with van der Waals surface area (Å²) in [5.41, 5.74) is 1.45. The van der Waals surface area contributed by atoms with Crippen molar-refractivity contribution in [1.29, 1.82) is 0 Å². The Morgan fingerprint density at radius 3 is 2.94 bits per heavy atom. The lowest BCUT2D eigenvalue weighted by Crippen LogP contribution is -2.33. The average Bonchev–Trinajstić information content (AvgIpc) is 3.19. The first-order chi connectivity index (χ1) is 8.24. The second-order valence-corrected chi connectivity index (χ2v) is 4.47. The lowest BCUT2D eigenvalue weighted by molar-refractivity contribution is 0.0751. The van der Waals surface area contributed by atoms with Crippen LogP contribution in [0.25, 0.3) is 0 Å². The van der Waals surface area contributed by atoms with Crippen molar-refractivity contribution in [2.45, 2.75) is 19.8 Å². The third kappa shape index (κ3) is 2.96. The smallest absolute Gasteiger partial charge is 0.272 e. The van der Waals surface area contributed by atoms with E-state index in [4.69, 9.17) is 0 Å². The Bertz CT molecular complexity index is 401. The summed E-state index contributed by atoms with van der Waals surface area (Å²) >= 11 is 0. The van der Waals surface area contributed by atoms with Gasteiger partial charge in [0.25, 0.3) is 5.91 Å². The number of rotatable bonds is 5. The van der Waals surface area contributed by atoms with Crippen molar-refractivity contribution in [2.75, 3.05) is 25.5 Å². The molecule has 1 amide bonds. The van der Waals surface area contributed by atoms with Crippen LogP contribution in [0.15, 0.2) is 18.3 Å². The van der Waals surface area contributed by atoms with Crippen LogP contribution in [0, 0.1) is 5.92 Å². The number of amides is 1. The molecule has 0 saturated heterocycles. The highest BCUT2D eigenvalue weighted by Gasteiger charge is 2.26. The first-order valence-electron chi connectivity index (χ1n) is 6.17. The van der Waals surface area contributed by atoms with E-state index in [-0.39, 0.29) is 5.91 Å². The molecule has 0 radical (unpaired) electrons. The molecule has 1 N–H and O–H groups in total. The topological polar surface area (TPSA) is 45.2 Å². The summed E-state index contributed by atoms with van der Waals surface area (Å²) in [5, 5.41) is 3.02. The highest BCUT2D eigenvalue weighted by Crippen LogP contribution is 2.30. The first-order valence-corrected chi connectivity index (χ1v) is 6.17. The number of pyridine rings is 1. The van der Waals surface area contributed by atoms with Crippen LogP contribution in [-0.4, -0.2) is 35.9 Å². The first kappa shape index (κ1) is 11.9. The molecule has 1 fully saturated rings. The van der Waals surface area contributed by atoms with Crippen LogP contribution in [0.2, 0.25) is 0 Å². The van der Waals surface area contributed by atoms with E-state index in [2.05, 4.69) is 10.3 Å². The van der Waals surface area contributed by atoms with E-state index in [9.17, 15) is 4.79 Å². The minimum Gasteiger partial charge on any atom is -0.388 e. The predicted octanol–water partition coefficient (Wildman–Crippen LogP) is 2.00. The molecule has 1 aliphatic carbocycles. The zero-order chi connectivity index (χ0) is 12.3. The highest BCUT2D eigenvalue weighted by molar-refractivity contribution is 5.93. The summed E-state index contributed by atoms with van der Waals surface area (Å²) in [4.78, 5) is 18.3. The fourth-order valence-electron chi connectivity index (χ4n) is 1.83. The molecule has 1 heterocycles. The summed E-state index contributed by atoms with van der Waals surface area (Å²) in [6.45, 7) is 3.64. The quantitative estimate of drug-likeness (QED) is 0.846. The Hall–Kier alpha value is -1.58. The van der Waals surface area contributed by atoms with Gasteiger partial charge in [-0.3, -0.25) is 9.78 Å². The SMILES string of the molecule is CCN(CC1CC1)C(=O)c1cc(NC)ccn1. The molecule has 0 bridgehead atoms. The molecule has 0 aromatic carbocycles. The summed E-state index contributed by atoms with van der Waals surface area (Å²) < 4.78 is 0. The zero-order valence-electron chi connectivity index (χ0n) is 10.4. The van der Waals surface area contributed by atoms with Crippen LogP contribution >= 0.6 is 0 Å². The molecule has 0 unspecified atom stereocenters. The average molecular weight is 233 g/mol. The predicted molar refractivity (Wildman–Crippen MR) is 68.1 cm³/mol. The molecule has 17 heavy (non-hydrogen) atoms. The zero-order valence-corrected chi connectivity index (χ0v) is 10.4. The molecular formula is C13H19N3O. The second kappa shape index (κ2) is 5.17. The number of carbonyl (C=O) groups is 1. The normalized spacial score (nSPS) is 14.5. The van der Waals surface area contributed by atoms with Gasteiger partial charge in [-0.25, -0.2) is 0 Å². The van der Waals surface area contributed by atoms with Crippen molar-refractivity contribution >= 4 is 11.6 Å².